The molecule has 0 fully saturated rings. The summed E-state index contributed by atoms with van der Waals surface area (Å²) in [6, 6.07) is 25.2. The average molecular weight is 497 g/mol. The van der Waals surface area contributed by atoms with Gasteiger partial charge in [0.25, 0.3) is 11.6 Å². The van der Waals surface area contributed by atoms with Gasteiger partial charge in [-0.3, -0.25) is 14.9 Å². The summed E-state index contributed by atoms with van der Waals surface area (Å²) < 4.78 is 5.26. The standard InChI is InChI=1S/C27H20N4O4S/c1-35-18-13-11-17(12-14-18)21-15-19(16-7-3-2-4-8-16)23-24(28)25(36-27(23)30-21)26(32)29-20-9-5-6-10-22(20)31(33)34/h2-15H,28H2,1H3,(H,29,32). The molecule has 9 heteroatoms. The smallest absolute Gasteiger partial charge is 0.292 e. The number of nitro groups is 1. The molecule has 1 amide bonds. The van der Waals surface area contributed by atoms with E-state index in [9.17, 15) is 14.9 Å². The van der Waals surface area contributed by atoms with Crippen LogP contribution >= 0.6 is 11.3 Å². The minimum Gasteiger partial charge on any atom is -0.497 e. The van der Waals surface area contributed by atoms with E-state index in [0.717, 1.165) is 39.5 Å². The molecular weight excluding hydrogens is 476 g/mol. The van der Waals surface area contributed by atoms with Crippen molar-refractivity contribution in [2.75, 3.05) is 18.2 Å². The molecule has 0 unspecified atom stereocenters. The van der Waals surface area contributed by atoms with Crippen LogP contribution in [0, 0.1) is 10.1 Å². The van der Waals surface area contributed by atoms with E-state index in [-0.39, 0.29) is 21.9 Å². The third-order valence-electron chi connectivity index (χ3n) is 5.72. The first kappa shape index (κ1) is 23.0. The number of hydrogen-bond donors (Lipinski definition) is 2. The van der Waals surface area contributed by atoms with Crippen molar-refractivity contribution in [2.45, 2.75) is 0 Å². The van der Waals surface area contributed by atoms with Crippen LogP contribution in [0.25, 0.3) is 32.6 Å². The normalized spacial score (nSPS) is 10.8. The number of nitrogens with one attached hydrogen (secondary N) is 1. The topological polar surface area (TPSA) is 120 Å². The number of nitrogens with zero attached hydrogens (tertiary/aromatic N) is 2. The van der Waals surface area contributed by atoms with Crippen LogP contribution in [0.4, 0.5) is 17.1 Å². The summed E-state index contributed by atoms with van der Waals surface area (Å²) >= 11 is 1.15. The number of methoxy groups -OCH3 is 1. The molecule has 5 rings (SSSR count). The van der Waals surface area contributed by atoms with E-state index < -0.39 is 10.8 Å². The van der Waals surface area contributed by atoms with Gasteiger partial charge in [-0.05, 0) is 47.5 Å². The Hall–Kier alpha value is -4.76. The van der Waals surface area contributed by atoms with Crippen molar-refractivity contribution in [3.63, 3.8) is 0 Å². The molecular formula is C27H20N4O4S. The van der Waals surface area contributed by atoms with Crippen LogP contribution in [-0.4, -0.2) is 22.9 Å². The molecule has 36 heavy (non-hydrogen) atoms. The van der Waals surface area contributed by atoms with E-state index in [1.54, 1.807) is 19.2 Å². The first-order chi connectivity index (χ1) is 17.5. The number of carbonyl (C=O) groups is 1. The molecule has 178 valence electrons. The molecule has 0 aliphatic heterocycles. The SMILES string of the molecule is COc1ccc(-c2cc(-c3ccccc3)c3c(N)c(C(=O)Nc4ccccc4[N+](=O)[O-])sc3n2)cc1. The lowest BCUT2D eigenvalue weighted by molar-refractivity contribution is -0.383. The minimum atomic E-state index is -0.542. The van der Waals surface area contributed by atoms with Gasteiger partial charge >= 0.3 is 0 Å². The fourth-order valence-electron chi connectivity index (χ4n) is 3.96. The van der Waals surface area contributed by atoms with Gasteiger partial charge in [-0.25, -0.2) is 4.98 Å². The van der Waals surface area contributed by atoms with Gasteiger partial charge in [-0.2, -0.15) is 0 Å². The van der Waals surface area contributed by atoms with Gasteiger partial charge in [-0.1, -0.05) is 42.5 Å². The number of anilines is 2. The molecule has 0 radical (unpaired) electrons. The molecule has 0 saturated carbocycles. The number of amides is 1. The maximum Gasteiger partial charge on any atom is 0.292 e. The Morgan fingerprint density at radius 1 is 1.00 bits per heavy atom. The van der Waals surface area contributed by atoms with Crippen molar-refractivity contribution in [2.24, 2.45) is 0 Å². The molecule has 0 saturated heterocycles. The van der Waals surface area contributed by atoms with E-state index in [0.29, 0.717) is 10.2 Å². The molecule has 5 aromatic rings. The average Bonchev–Trinajstić information content (AvgIpc) is 3.25. The Balaban J connectivity index is 1.65. The predicted molar refractivity (Wildman–Crippen MR) is 143 cm³/mol. The van der Waals surface area contributed by atoms with Crippen LogP contribution in [0.3, 0.4) is 0 Å². The number of para-hydroxylation sites is 2. The van der Waals surface area contributed by atoms with E-state index in [2.05, 4.69) is 5.32 Å². The van der Waals surface area contributed by atoms with Crippen molar-refractivity contribution in [3.8, 4) is 28.1 Å². The maximum atomic E-state index is 13.2. The van der Waals surface area contributed by atoms with Crippen molar-refractivity contribution in [1.82, 2.24) is 4.98 Å². The summed E-state index contributed by atoms with van der Waals surface area (Å²) in [4.78, 5) is 29.7. The first-order valence-corrected chi connectivity index (χ1v) is 11.8. The highest BCUT2D eigenvalue weighted by Crippen LogP contribution is 2.42. The number of fused-ring (bicyclic) bond motifs is 1. The number of nitrogen functional groups attached to an aromatic ring is 1. The van der Waals surface area contributed by atoms with Crippen LogP contribution < -0.4 is 15.8 Å². The highest BCUT2D eigenvalue weighted by Gasteiger charge is 2.23. The van der Waals surface area contributed by atoms with Gasteiger partial charge in [0.05, 0.1) is 23.4 Å². The largest absolute Gasteiger partial charge is 0.497 e. The Labute approximate surface area is 210 Å². The number of rotatable bonds is 6. The summed E-state index contributed by atoms with van der Waals surface area (Å²) in [5.74, 6) is 0.201. The molecule has 0 spiro atoms. The van der Waals surface area contributed by atoms with E-state index in [1.807, 2.05) is 60.7 Å². The van der Waals surface area contributed by atoms with Gasteiger partial charge in [0.15, 0.2) is 0 Å². The second-order valence-corrected chi connectivity index (χ2v) is 8.90. The highest BCUT2D eigenvalue weighted by atomic mass is 32.1. The molecule has 3 aromatic carbocycles. The quantitative estimate of drug-likeness (QED) is 0.208. The van der Waals surface area contributed by atoms with Crippen molar-refractivity contribution >= 4 is 44.5 Å². The third-order valence-corrected chi connectivity index (χ3v) is 6.82. The highest BCUT2D eigenvalue weighted by molar-refractivity contribution is 7.21. The third kappa shape index (κ3) is 4.23. The van der Waals surface area contributed by atoms with Crippen molar-refractivity contribution in [3.05, 3.63) is 99.9 Å². The van der Waals surface area contributed by atoms with Gasteiger partial charge < -0.3 is 15.8 Å². The molecule has 0 bridgehead atoms. The Morgan fingerprint density at radius 2 is 1.69 bits per heavy atom. The minimum absolute atomic E-state index is 0.0968. The molecule has 2 heterocycles. The number of benzene rings is 3. The van der Waals surface area contributed by atoms with Crippen molar-refractivity contribution < 1.29 is 14.5 Å². The zero-order valence-corrected chi connectivity index (χ0v) is 19.9. The summed E-state index contributed by atoms with van der Waals surface area (Å²) in [6.07, 6.45) is 0. The molecule has 3 N–H and O–H groups in total. The van der Waals surface area contributed by atoms with Gasteiger partial charge in [0.2, 0.25) is 0 Å². The monoisotopic (exact) mass is 496 g/mol. The summed E-state index contributed by atoms with van der Waals surface area (Å²) in [6.45, 7) is 0. The maximum absolute atomic E-state index is 13.2. The van der Waals surface area contributed by atoms with Gasteiger partial charge in [-0.15, -0.1) is 11.3 Å². The Bertz CT molecular complexity index is 1600. The molecule has 2 aromatic heterocycles. The lowest BCUT2D eigenvalue weighted by Gasteiger charge is -2.09. The summed E-state index contributed by atoms with van der Waals surface area (Å²) in [5.41, 5.74) is 10.1. The lowest BCUT2D eigenvalue weighted by atomic mass is 9.99. The van der Waals surface area contributed by atoms with E-state index >= 15 is 0 Å². The summed E-state index contributed by atoms with van der Waals surface area (Å²) in [7, 11) is 1.61. The van der Waals surface area contributed by atoms with Crippen molar-refractivity contribution in [1.29, 1.82) is 0 Å². The number of nitro benzene ring substituents is 1. The predicted octanol–water partition coefficient (Wildman–Crippen LogP) is 6.38. The number of hydrogen-bond acceptors (Lipinski definition) is 7. The molecule has 0 aliphatic rings. The van der Waals surface area contributed by atoms with Crippen LogP contribution in [0.15, 0.2) is 84.9 Å². The Morgan fingerprint density at radius 3 is 2.39 bits per heavy atom. The fourth-order valence-corrected chi connectivity index (χ4v) is 4.98. The zero-order chi connectivity index (χ0) is 25.2. The summed E-state index contributed by atoms with van der Waals surface area (Å²) in [5, 5.41) is 14.7. The lowest BCUT2D eigenvalue weighted by Crippen LogP contribution is -2.13. The van der Waals surface area contributed by atoms with Gasteiger partial charge in [0, 0.05) is 17.0 Å². The number of ether oxygens (including phenoxy) is 1. The zero-order valence-electron chi connectivity index (χ0n) is 19.1. The van der Waals surface area contributed by atoms with E-state index in [4.69, 9.17) is 15.5 Å². The fraction of sp³-hybridized carbons (Fsp3) is 0.0370. The number of thiophene rings is 1. The second kappa shape index (κ2) is 9.47. The van der Waals surface area contributed by atoms with Crippen LogP contribution in [0.5, 0.6) is 5.75 Å². The molecule has 0 aliphatic carbocycles. The first-order valence-electron chi connectivity index (χ1n) is 10.9. The number of aromatic nitrogens is 1. The Kier molecular flexibility index (Phi) is 6.05. The second-order valence-electron chi connectivity index (χ2n) is 7.90. The molecule has 0 atom stereocenters. The van der Waals surface area contributed by atoms with Gasteiger partial charge in [0.1, 0.15) is 21.1 Å². The van der Waals surface area contributed by atoms with Crippen LogP contribution in [0.2, 0.25) is 0 Å². The number of nitrogens with two attached hydrogens (primary N) is 1. The van der Waals surface area contributed by atoms with E-state index in [1.165, 1.54) is 12.1 Å². The van der Waals surface area contributed by atoms with Crippen LogP contribution in [-0.2, 0) is 0 Å². The molecule has 8 nitrogen and oxygen atoms in total. The number of pyridine rings is 1. The number of carbonyl (C=O) groups excluding carboxylic acids is 1. The van der Waals surface area contributed by atoms with Crippen LogP contribution in [0.1, 0.15) is 9.67 Å².